The van der Waals surface area contributed by atoms with Gasteiger partial charge >= 0.3 is 12.0 Å². The fraction of sp³-hybridized carbons (Fsp3) is 0.727. The number of urea groups is 1. The largest absolute Gasteiger partial charge is 0.481 e. The van der Waals surface area contributed by atoms with Gasteiger partial charge in [-0.3, -0.25) is 9.59 Å². The average Bonchev–Trinajstić information content (AvgIpc) is 2.69. The summed E-state index contributed by atoms with van der Waals surface area (Å²) in [5, 5.41) is 8.55. The Morgan fingerprint density at radius 2 is 2.06 bits per heavy atom. The molecule has 0 aromatic rings. The van der Waals surface area contributed by atoms with Crippen LogP contribution in [-0.2, 0) is 9.59 Å². The van der Waals surface area contributed by atoms with Gasteiger partial charge in [0.2, 0.25) is 5.91 Å². The summed E-state index contributed by atoms with van der Waals surface area (Å²) in [7, 11) is 1.55. The van der Waals surface area contributed by atoms with E-state index in [2.05, 4.69) is 0 Å². The van der Waals surface area contributed by atoms with Crippen molar-refractivity contribution in [1.82, 2.24) is 9.80 Å². The van der Waals surface area contributed by atoms with Gasteiger partial charge in [-0.05, 0) is 13.3 Å². The fourth-order valence-electron chi connectivity index (χ4n) is 1.93. The highest BCUT2D eigenvalue weighted by Gasteiger charge is 2.41. The predicted molar refractivity (Wildman–Crippen MR) is 63.8 cm³/mol. The van der Waals surface area contributed by atoms with Crippen molar-refractivity contribution in [3.8, 4) is 0 Å². The Hall–Kier alpha value is -1.79. The fourth-order valence-corrected chi connectivity index (χ4v) is 1.93. The van der Waals surface area contributed by atoms with Crippen LogP contribution in [-0.4, -0.2) is 59.5 Å². The van der Waals surface area contributed by atoms with Gasteiger partial charge in [-0.25, -0.2) is 4.79 Å². The number of carboxylic acid groups (broad SMARTS) is 1. The molecule has 1 fully saturated rings. The first-order chi connectivity index (χ1) is 8.26. The summed E-state index contributed by atoms with van der Waals surface area (Å²) in [5.41, 5.74) is 4.62. The van der Waals surface area contributed by atoms with E-state index >= 15 is 0 Å². The zero-order valence-electron chi connectivity index (χ0n) is 10.7. The van der Waals surface area contributed by atoms with E-state index in [1.54, 1.807) is 14.0 Å². The Labute approximate surface area is 106 Å². The monoisotopic (exact) mass is 257 g/mol. The number of aliphatic carboxylic acids is 1. The molecule has 3 amide bonds. The number of hydrogen-bond donors (Lipinski definition) is 2. The number of likely N-dealkylation sites (tertiary alicyclic amines) is 1. The molecule has 3 N–H and O–H groups in total. The van der Waals surface area contributed by atoms with Crippen LogP contribution in [0.25, 0.3) is 0 Å². The zero-order chi connectivity index (χ0) is 13.9. The van der Waals surface area contributed by atoms with Crippen LogP contribution in [0, 0.1) is 5.41 Å². The van der Waals surface area contributed by atoms with Crippen LogP contribution in [0.15, 0.2) is 0 Å². The predicted octanol–water partition coefficient (Wildman–Crippen LogP) is -0.290. The lowest BCUT2D eigenvalue weighted by molar-refractivity contribution is -0.137. The third-order valence-corrected chi connectivity index (χ3v) is 3.33. The molecule has 1 aliphatic heterocycles. The average molecular weight is 257 g/mol. The molecule has 0 aliphatic carbocycles. The van der Waals surface area contributed by atoms with Crippen molar-refractivity contribution in [2.45, 2.75) is 19.8 Å². The summed E-state index contributed by atoms with van der Waals surface area (Å²) in [6.45, 7) is 2.64. The number of carbonyl (C=O) groups is 3. The Kier molecular flexibility index (Phi) is 4.15. The second-order valence-electron chi connectivity index (χ2n) is 4.94. The second-order valence-corrected chi connectivity index (χ2v) is 4.94. The van der Waals surface area contributed by atoms with Gasteiger partial charge in [-0.15, -0.1) is 0 Å². The van der Waals surface area contributed by atoms with E-state index in [1.165, 1.54) is 9.80 Å². The SMILES string of the molecule is CN(CCC(=O)O)C(=O)N1CCC(C)(C(N)=O)C1. The van der Waals surface area contributed by atoms with E-state index in [0.717, 1.165) is 0 Å². The normalized spacial score (nSPS) is 22.9. The maximum absolute atomic E-state index is 12.0. The third-order valence-electron chi connectivity index (χ3n) is 3.33. The van der Waals surface area contributed by atoms with Crippen LogP contribution in [0.1, 0.15) is 19.8 Å². The molecule has 18 heavy (non-hydrogen) atoms. The summed E-state index contributed by atoms with van der Waals surface area (Å²) >= 11 is 0. The van der Waals surface area contributed by atoms with Crippen LogP contribution in [0.2, 0.25) is 0 Å². The molecule has 1 rings (SSSR count). The van der Waals surface area contributed by atoms with E-state index in [-0.39, 0.29) is 19.0 Å². The van der Waals surface area contributed by atoms with Gasteiger partial charge in [0.05, 0.1) is 11.8 Å². The molecule has 1 saturated heterocycles. The van der Waals surface area contributed by atoms with Crippen LogP contribution < -0.4 is 5.73 Å². The van der Waals surface area contributed by atoms with Crippen molar-refractivity contribution in [3.63, 3.8) is 0 Å². The summed E-state index contributed by atoms with van der Waals surface area (Å²) in [6.07, 6.45) is 0.448. The molecule has 7 heteroatoms. The number of nitrogens with zero attached hydrogens (tertiary/aromatic N) is 2. The number of carbonyl (C=O) groups excluding carboxylic acids is 2. The molecule has 1 unspecified atom stereocenters. The second kappa shape index (κ2) is 5.24. The molecule has 7 nitrogen and oxygen atoms in total. The van der Waals surface area contributed by atoms with E-state index in [4.69, 9.17) is 10.8 Å². The molecule has 1 heterocycles. The first kappa shape index (κ1) is 14.3. The van der Waals surface area contributed by atoms with E-state index in [0.29, 0.717) is 19.5 Å². The van der Waals surface area contributed by atoms with Gasteiger partial charge in [0.1, 0.15) is 0 Å². The van der Waals surface area contributed by atoms with Gasteiger partial charge in [0.15, 0.2) is 0 Å². The van der Waals surface area contributed by atoms with Crippen LogP contribution in [0.5, 0.6) is 0 Å². The Bertz CT molecular complexity index is 371. The summed E-state index contributed by atoms with van der Waals surface area (Å²) in [5.74, 6) is -1.36. The summed E-state index contributed by atoms with van der Waals surface area (Å²) < 4.78 is 0. The number of rotatable bonds is 4. The van der Waals surface area contributed by atoms with Gasteiger partial charge in [-0.2, -0.15) is 0 Å². The minimum atomic E-state index is -0.946. The molecule has 1 atom stereocenters. The quantitative estimate of drug-likeness (QED) is 0.722. The highest BCUT2D eigenvalue weighted by atomic mass is 16.4. The smallest absolute Gasteiger partial charge is 0.319 e. The van der Waals surface area contributed by atoms with Gasteiger partial charge in [0, 0.05) is 26.7 Å². The molecular formula is C11H19N3O4. The molecule has 0 radical (unpaired) electrons. The maximum atomic E-state index is 12.0. The van der Waals surface area contributed by atoms with Crippen LogP contribution in [0.4, 0.5) is 4.79 Å². The number of primary amides is 1. The van der Waals surface area contributed by atoms with E-state index in [9.17, 15) is 14.4 Å². The molecule has 0 saturated carbocycles. The third kappa shape index (κ3) is 3.12. The molecule has 1 aliphatic rings. The lowest BCUT2D eigenvalue weighted by Gasteiger charge is -2.25. The molecule has 0 spiro atoms. The highest BCUT2D eigenvalue weighted by molar-refractivity contribution is 5.83. The van der Waals surface area contributed by atoms with Crippen LogP contribution in [0.3, 0.4) is 0 Å². The topological polar surface area (TPSA) is 104 Å². The maximum Gasteiger partial charge on any atom is 0.319 e. The van der Waals surface area contributed by atoms with Crippen molar-refractivity contribution in [1.29, 1.82) is 0 Å². The Morgan fingerprint density at radius 3 is 2.50 bits per heavy atom. The number of nitrogens with two attached hydrogens (primary N) is 1. The standard InChI is InChI=1S/C11H19N3O4/c1-11(9(12)17)4-6-14(7-11)10(18)13(2)5-3-8(15)16/h3-7H2,1-2H3,(H2,12,17)(H,15,16). The number of carboxylic acids is 1. The molecule has 102 valence electrons. The van der Waals surface area contributed by atoms with Gasteiger partial charge in [-0.1, -0.05) is 0 Å². The number of amides is 3. The molecular weight excluding hydrogens is 238 g/mol. The molecule has 0 aromatic carbocycles. The summed E-state index contributed by atoms with van der Waals surface area (Å²) in [6, 6.07) is -0.263. The van der Waals surface area contributed by atoms with Crippen molar-refractivity contribution >= 4 is 17.9 Å². The minimum absolute atomic E-state index is 0.0941. The van der Waals surface area contributed by atoms with Gasteiger partial charge in [0.25, 0.3) is 0 Å². The van der Waals surface area contributed by atoms with Crippen molar-refractivity contribution in [2.75, 3.05) is 26.7 Å². The first-order valence-electron chi connectivity index (χ1n) is 5.78. The van der Waals surface area contributed by atoms with Crippen molar-refractivity contribution in [3.05, 3.63) is 0 Å². The Morgan fingerprint density at radius 1 is 1.44 bits per heavy atom. The molecule has 0 aromatic heterocycles. The van der Waals surface area contributed by atoms with E-state index in [1.807, 2.05) is 0 Å². The van der Waals surface area contributed by atoms with Crippen molar-refractivity contribution in [2.24, 2.45) is 11.1 Å². The lowest BCUT2D eigenvalue weighted by atomic mass is 9.89. The Balaban J connectivity index is 2.54. The van der Waals surface area contributed by atoms with Crippen LogP contribution >= 0.6 is 0 Å². The highest BCUT2D eigenvalue weighted by Crippen LogP contribution is 2.29. The lowest BCUT2D eigenvalue weighted by Crippen LogP contribution is -2.43. The molecule has 0 bridgehead atoms. The van der Waals surface area contributed by atoms with Gasteiger partial charge < -0.3 is 20.6 Å². The number of hydrogen-bond acceptors (Lipinski definition) is 3. The first-order valence-corrected chi connectivity index (χ1v) is 5.78. The van der Waals surface area contributed by atoms with E-state index < -0.39 is 17.3 Å². The minimum Gasteiger partial charge on any atom is -0.481 e. The summed E-state index contributed by atoms with van der Waals surface area (Å²) in [4.78, 5) is 36.6. The zero-order valence-corrected chi connectivity index (χ0v) is 10.7. The van der Waals surface area contributed by atoms with Crippen molar-refractivity contribution < 1.29 is 19.5 Å².